The lowest BCUT2D eigenvalue weighted by Crippen LogP contribution is -2.39. The van der Waals surface area contributed by atoms with Crippen molar-refractivity contribution in [3.63, 3.8) is 0 Å². The molecule has 1 N–H and O–H groups in total. The van der Waals surface area contributed by atoms with Crippen LogP contribution in [0.2, 0.25) is 0 Å². The van der Waals surface area contributed by atoms with Gasteiger partial charge >= 0.3 is 0 Å². The molecular formula is C16H22ClN. The summed E-state index contributed by atoms with van der Waals surface area (Å²) in [7, 11) is 2.07. The molecule has 1 fully saturated rings. The van der Waals surface area contributed by atoms with Crippen molar-refractivity contribution in [2.75, 3.05) is 7.05 Å². The first-order chi connectivity index (χ1) is 8.24. The molecule has 0 aromatic heterocycles. The first-order valence-corrected chi connectivity index (χ1v) is 6.74. The van der Waals surface area contributed by atoms with Gasteiger partial charge < -0.3 is 5.32 Å². The van der Waals surface area contributed by atoms with Crippen molar-refractivity contribution in [1.29, 1.82) is 0 Å². The minimum atomic E-state index is 0. The average Bonchev–Trinajstić information content (AvgIpc) is 2.39. The zero-order valence-corrected chi connectivity index (χ0v) is 12.0. The van der Waals surface area contributed by atoms with Gasteiger partial charge in [0.25, 0.3) is 0 Å². The van der Waals surface area contributed by atoms with Crippen LogP contribution in [0.5, 0.6) is 0 Å². The highest BCUT2D eigenvalue weighted by molar-refractivity contribution is 5.85. The molecule has 0 aliphatic heterocycles. The van der Waals surface area contributed by atoms with E-state index >= 15 is 0 Å². The Kier molecular flexibility index (Phi) is 3.84. The van der Waals surface area contributed by atoms with E-state index in [4.69, 9.17) is 0 Å². The van der Waals surface area contributed by atoms with Gasteiger partial charge in [0.1, 0.15) is 0 Å². The number of hydrogen-bond donors (Lipinski definition) is 1. The number of rotatable bonds is 1. The number of likely N-dealkylation sites (N-methyl/N-ethyl adjacent to an activating group) is 1. The zero-order chi connectivity index (χ0) is 11.9. The molecule has 2 unspecified atom stereocenters. The van der Waals surface area contributed by atoms with Crippen LogP contribution in [0, 0.1) is 0 Å². The Bertz CT molecular complexity index is 466. The van der Waals surface area contributed by atoms with Crippen molar-refractivity contribution in [3.8, 4) is 0 Å². The first kappa shape index (κ1) is 13.6. The van der Waals surface area contributed by atoms with Crippen LogP contribution in [-0.4, -0.2) is 7.05 Å². The highest BCUT2D eigenvalue weighted by atomic mass is 35.5. The van der Waals surface area contributed by atoms with Gasteiger partial charge in [0.2, 0.25) is 0 Å². The summed E-state index contributed by atoms with van der Waals surface area (Å²) in [5.41, 5.74) is 4.71. The molecule has 3 rings (SSSR count). The third kappa shape index (κ3) is 2.00. The number of fused-ring (bicyclic) bond motifs is 3. The monoisotopic (exact) mass is 263 g/mol. The predicted molar refractivity (Wildman–Crippen MR) is 79.4 cm³/mol. The highest BCUT2D eigenvalue weighted by Crippen LogP contribution is 2.46. The molecule has 0 radical (unpaired) electrons. The number of benzene rings is 1. The maximum absolute atomic E-state index is 3.49. The molecule has 1 aromatic carbocycles. The minimum Gasteiger partial charge on any atom is -0.307 e. The van der Waals surface area contributed by atoms with E-state index in [1.165, 1.54) is 31.2 Å². The second-order valence-electron chi connectivity index (χ2n) is 5.56. The second-order valence-corrected chi connectivity index (χ2v) is 5.56. The van der Waals surface area contributed by atoms with Crippen molar-refractivity contribution >= 4 is 12.4 Å². The third-order valence-electron chi connectivity index (χ3n) is 4.54. The third-order valence-corrected chi connectivity index (χ3v) is 4.54. The van der Waals surface area contributed by atoms with Crippen LogP contribution in [-0.2, 0) is 5.54 Å². The quantitative estimate of drug-likeness (QED) is 0.751. The maximum atomic E-state index is 3.49. The molecule has 0 saturated heterocycles. The van der Waals surface area contributed by atoms with Gasteiger partial charge in [0.05, 0.1) is 5.54 Å². The molecule has 1 saturated carbocycles. The fourth-order valence-corrected chi connectivity index (χ4v) is 3.49. The van der Waals surface area contributed by atoms with Gasteiger partial charge in [-0.3, -0.25) is 0 Å². The molecule has 0 amide bonds. The van der Waals surface area contributed by atoms with Crippen LogP contribution >= 0.6 is 12.4 Å². The topological polar surface area (TPSA) is 12.0 Å². The number of nitrogens with one attached hydrogen (secondary N) is 1. The molecule has 2 aliphatic carbocycles. The molecule has 2 atom stereocenters. The number of allylic oxidation sites excluding steroid dienone is 1. The van der Waals surface area contributed by atoms with Gasteiger partial charge in [0.15, 0.2) is 0 Å². The second kappa shape index (κ2) is 5.07. The predicted octanol–water partition coefficient (Wildman–Crippen LogP) is 4.14. The molecule has 0 bridgehead atoms. The van der Waals surface area contributed by atoms with E-state index in [0.29, 0.717) is 5.92 Å². The van der Waals surface area contributed by atoms with Gasteiger partial charge in [-0.2, -0.15) is 0 Å². The molecule has 0 heterocycles. The largest absolute Gasteiger partial charge is 0.307 e. The fourth-order valence-electron chi connectivity index (χ4n) is 3.49. The Hall–Kier alpha value is -0.790. The van der Waals surface area contributed by atoms with Gasteiger partial charge in [-0.1, -0.05) is 42.3 Å². The molecule has 1 aromatic rings. The highest BCUT2D eigenvalue weighted by Gasteiger charge is 2.35. The van der Waals surface area contributed by atoms with E-state index in [9.17, 15) is 0 Å². The summed E-state index contributed by atoms with van der Waals surface area (Å²) >= 11 is 0. The van der Waals surface area contributed by atoms with E-state index in [2.05, 4.69) is 49.6 Å². The summed E-state index contributed by atoms with van der Waals surface area (Å²) < 4.78 is 0. The standard InChI is InChI=1S/C16H21N.ClH/c1-16(17-2)11-12-7-3-4-8-13(12)14-9-5-6-10-15(14)16;/h5-6,9-11,13,17H,3-4,7-8H2,1-2H3;1H. The van der Waals surface area contributed by atoms with Crippen molar-refractivity contribution in [2.24, 2.45) is 0 Å². The van der Waals surface area contributed by atoms with E-state index in [1.54, 1.807) is 11.1 Å². The van der Waals surface area contributed by atoms with Crippen LogP contribution in [0.15, 0.2) is 35.9 Å². The summed E-state index contributed by atoms with van der Waals surface area (Å²) in [6, 6.07) is 8.96. The van der Waals surface area contributed by atoms with Crippen LogP contribution in [0.25, 0.3) is 0 Å². The Morgan fingerprint density at radius 1 is 1.22 bits per heavy atom. The summed E-state index contributed by atoms with van der Waals surface area (Å²) in [5, 5.41) is 3.49. The molecule has 2 aliphatic rings. The van der Waals surface area contributed by atoms with Crippen molar-refractivity contribution in [2.45, 2.75) is 44.1 Å². The number of hydrogen-bond acceptors (Lipinski definition) is 1. The molecular weight excluding hydrogens is 242 g/mol. The summed E-state index contributed by atoms with van der Waals surface area (Å²) in [6.45, 7) is 2.30. The molecule has 2 heteroatoms. The van der Waals surface area contributed by atoms with E-state index in [-0.39, 0.29) is 17.9 Å². The lowest BCUT2D eigenvalue weighted by atomic mass is 9.69. The zero-order valence-electron chi connectivity index (χ0n) is 11.2. The summed E-state index contributed by atoms with van der Waals surface area (Å²) in [6.07, 6.45) is 7.86. The molecule has 0 spiro atoms. The van der Waals surface area contributed by atoms with Gasteiger partial charge in [-0.05, 0) is 44.4 Å². The smallest absolute Gasteiger partial charge is 0.0595 e. The van der Waals surface area contributed by atoms with Gasteiger partial charge in [-0.25, -0.2) is 0 Å². The molecule has 18 heavy (non-hydrogen) atoms. The fraction of sp³-hybridized carbons (Fsp3) is 0.500. The first-order valence-electron chi connectivity index (χ1n) is 6.74. The average molecular weight is 264 g/mol. The van der Waals surface area contributed by atoms with Gasteiger partial charge in [0, 0.05) is 5.92 Å². The summed E-state index contributed by atoms with van der Waals surface area (Å²) in [4.78, 5) is 0. The van der Waals surface area contributed by atoms with Crippen LogP contribution in [0.3, 0.4) is 0 Å². The van der Waals surface area contributed by atoms with E-state index in [1.807, 2.05) is 0 Å². The van der Waals surface area contributed by atoms with Crippen molar-refractivity contribution in [3.05, 3.63) is 47.0 Å². The Balaban J connectivity index is 0.00000120. The van der Waals surface area contributed by atoms with Gasteiger partial charge in [-0.15, -0.1) is 12.4 Å². The Labute approximate surface area is 116 Å². The summed E-state index contributed by atoms with van der Waals surface area (Å²) in [5.74, 6) is 0.696. The van der Waals surface area contributed by atoms with Crippen molar-refractivity contribution < 1.29 is 0 Å². The van der Waals surface area contributed by atoms with Crippen LogP contribution in [0.4, 0.5) is 0 Å². The van der Waals surface area contributed by atoms with Crippen LogP contribution < -0.4 is 5.32 Å². The Morgan fingerprint density at radius 2 is 2.00 bits per heavy atom. The van der Waals surface area contributed by atoms with E-state index in [0.717, 1.165) is 0 Å². The van der Waals surface area contributed by atoms with Crippen molar-refractivity contribution in [1.82, 2.24) is 5.32 Å². The maximum Gasteiger partial charge on any atom is 0.0595 e. The lowest BCUT2D eigenvalue weighted by Gasteiger charge is -2.40. The van der Waals surface area contributed by atoms with Crippen LogP contribution in [0.1, 0.15) is 49.7 Å². The normalized spacial score (nSPS) is 29.7. The lowest BCUT2D eigenvalue weighted by molar-refractivity contribution is 0.443. The SMILES string of the molecule is CNC1(C)C=C2CCCCC2c2ccccc21.Cl. The molecule has 1 nitrogen and oxygen atoms in total. The minimum absolute atomic E-state index is 0. The molecule has 98 valence electrons. The Morgan fingerprint density at radius 3 is 2.78 bits per heavy atom. The number of halogens is 1. The van der Waals surface area contributed by atoms with E-state index < -0.39 is 0 Å².